The molecule has 1 aliphatic heterocycles. The second-order valence-corrected chi connectivity index (χ2v) is 7.32. The Morgan fingerprint density at radius 2 is 1.71 bits per heavy atom. The largest absolute Gasteiger partial charge is 0.465 e. The van der Waals surface area contributed by atoms with Crippen LogP contribution >= 0.6 is 12.6 Å². The lowest BCUT2D eigenvalue weighted by Gasteiger charge is -2.23. The lowest BCUT2D eigenvalue weighted by Crippen LogP contribution is -2.43. The van der Waals surface area contributed by atoms with Crippen molar-refractivity contribution in [2.45, 2.75) is 17.7 Å². The van der Waals surface area contributed by atoms with Crippen molar-refractivity contribution in [3.63, 3.8) is 0 Å². The van der Waals surface area contributed by atoms with Crippen molar-refractivity contribution < 1.29 is 33.4 Å². The van der Waals surface area contributed by atoms with E-state index in [2.05, 4.69) is 31.1 Å². The van der Waals surface area contributed by atoms with Crippen molar-refractivity contribution >= 4 is 42.3 Å². The summed E-state index contributed by atoms with van der Waals surface area (Å²) < 4.78 is 14.7. The third-order valence-corrected chi connectivity index (χ3v) is 4.70. The Morgan fingerprint density at radius 3 is 2.32 bits per heavy atom. The predicted molar refractivity (Wildman–Crippen MR) is 116 cm³/mol. The summed E-state index contributed by atoms with van der Waals surface area (Å²) in [4.78, 5) is 50.6. The molecular weight excluding hydrogens is 424 g/mol. The second-order valence-electron chi connectivity index (χ2n) is 6.59. The van der Waals surface area contributed by atoms with Gasteiger partial charge in [0.05, 0.1) is 18.2 Å². The van der Waals surface area contributed by atoms with E-state index in [9.17, 15) is 19.2 Å². The van der Waals surface area contributed by atoms with E-state index in [1.54, 1.807) is 0 Å². The number of benzene rings is 1. The summed E-state index contributed by atoms with van der Waals surface area (Å²) in [7, 11) is 1.20. The van der Waals surface area contributed by atoms with Gasteiger partial charge in [-0.3, -0.25) is 9.69 Å². The molecule has 1 fully saturated rings. The zero-order chi connectivity index (χ0) is 23.0. The molecule has 166 valence electrons. The number of thiol groups is 1. The highest BCUT2D eigenvalue weighted by atomic mass is 32.1. The highest BCUT2D eigenvalue weighted by Gasteiger charge is 2.39. The molecule has 2 rings (SSSR count). The van der Waals surface area contributed by atoms with Crippen LogP contribution in [-0.4, -0.2) is 67.0 Å². The van der Waals surface area contributed by atoms with E-state index in [0.717, 1.165) is 0 Å². The minimum absolute atomic E-state index is 0.0122. The first kappa shape index (κ1) is 24.0. The van der Waals surface area contributed by atoms with Gasteiger partial charge in [0.2, 0.25) is 5.91 Å². The number of carbonyl (C=O) groups is 4. The third kappa shape index (κ3) is 6.35. The number of anilines is 1. The molecule has 0 unspecified atom stereocenters. The van der Waals surface area contributed by atoms with Gasteiger partial charge in [-0.2, -0.15) is 12.6 Å². The minimum Gasteiger partial charge on any atom is -0.465 e. The molecule has 0 radical (unpaired) electrons. The van der Waals surface area contributed by atoms with Gasteiger partial charge in [0.15, 0.2) is 0 Å². The number of likely N-dealkylation sites (tertiary alicyclic amines) is 1. The number of carbonyl (C=O) groups excluding carboxylic acids is 4. The molecule has 1 aromatic carbocycles. The molecule has 10 heteroatoms. The smallest absolute Gasteiger partial charge is 0.410 e. The zero-order valence-electron chi connectivity index (χ0n) is 17.0. The van der Waals surface area contributed by atoms with Crippen molar-refractivity contribution in [3.8, 4) is 0 Å². The molecule has 0 spiro atoms. The molecule has 0 aromatic heterocycles. The van der Waals surface area contributed by atoms with Crippen LogP contribution in [0.2, 0.25) is 0 Å². The van der Waals surface area contributed by atoms with Crippen LogP contribution in [0, 0.1) is 0 Å². The van der Waals surface area contributed by atoms with Gasteiger partial charge in [-0.25, -0.2) is 14.4 Å². The lowest BCUT2D eigenvalue weighted by atomic mass is 10.1. The number of nitrogens with one attached hydrogen (secondary N) is 1. The molecule has 31 heavy (non-hydrogen) atoms. The maximum atomic E-state index is 12.9. The Labute approximate surface area is 185 Å². The maximum absolute atomic E-state index is 12.9. The number of esters is 2. The Morgan fingerprint density at radius 1 is 1.10 bits per heavy atom. The first-order chi connectivity index (χ1) is 14.8. The summed E-state index contributed by atoms with van der Waals surface area (Å²) in [5.74, 6) is -1.91. The van der Waals surface area contributed by atoms with Gasteiger partial charge in [0.1, 0.15) is 19.3 Å². The van der Waals surface area contributed by atoms with Crippen molar-refractivity contribution in [3.05, 3.63) is 54.6 Å². The first-order valence-electron chi connectivity index (χ1n) is 9.35. The molecule has 1 aliphatic rings. The normalized spacial score (nSPS) is 17.4. The van der Waals surface area contributed by atoms with Crippen molar-refractivity contribution in [2.75, 3.05) is 32.2 Å². The molecule has 1 saturated heterocycles. The van der Waals surface area contributed by atoms with Gasteiger partial charge in [0, 0.05) is 17.5 Å². The first-order valence-corrected chi connectivity index (χ1v) is 9.87. The van der Waals surface area contributed by atoms with Crippen molar-refractivity contribution in [2.24, 2.45) is 0 Å². The number of amides is 2. The van der Waals surface area contributed by atoms with Gasteiger partial charge in [-0.1, -0.05) is 25.3 Å². The van der Waals surface area contributed by atoms with Crippen molar-refractivity contribution in [1.82, 2.24) is 4.90 Å². The zero-order valence-corrected chi connectivity index (χ0v) is 17.9. The van der Waals surface area contributed by atoms with Crippen LogP contribution in [0.4, 0.5) is 10.5 Å². The van der Waals surface area contributed by atoms with E-state index >= 15 is 0 Å². The highest BCUT2D eigenvalue weighted by molar-refractivity contribution is 7.81. The average Bonchev–Trinajstić information content (AvgIpc) is 3.16. The highest BCUT2D eigenvalue weighted by Crippen LogP contribution is 2.25. The number of methoxy groups -OCH3 is 1. The van der Waals surface area contributed by atoms with Gasteiger partial charge >= 0.3 is 18.0 Å². The van der Waals surface area contributed by atoms with Gasteiger partial charge < -0.3 is 19.5 Å². The Bertz CT molecular complexity index is 886. The molecule has 2 amide bonds. The molecule has 1 heterocycles. The summed E-state index contributed by atoms with van der Waals surface area (Å²) in [6.07, 6.45) is 2.47. The molecule has 2 atom stereocenters. The summed E-state index contributed by atoms with van der Waals surface area (Å²) in [6, 6.07) is 3.19. The molecule has 9 nitrogen and oxygen atoms in total. The van der Waals surface area contributed by atoms with Crippen LogP contribution in [-0.2, 0) is 19.0 Å². The van der Waals surface area contributed by atoms with E-state index in [1.807, 2.05) is 0 Å². The summed E-state index contributed by atoms with van der Waals surface area (Å²) in [5, 5.41) is 2.43. The number of hydrogen-bond donors (Lipinski definition) is 2. The molecule has 0 aliphatic carbocycles. The van der Waals surface area contributed by atoms with Crippen molar-refractivity contribution in [1.29, 1.82) is 0 Å². The lowest BCUT2D eigenvalue weighted by molar-refractivity contribution is -0.120. The van der Waals surface area contributed by atoms with Crippen LogP contribution in [0.3, 0.4) is 0 Å². The second kappa shape index (κ2) is 11.2. The summed E-state index contributed by atoms with van der Waals surface area (Å²) in [6.45, 7) is 7.18. The van der Waals surface area contributed by atoms with Crippen LogP contribution < -0.4 is 5.32 Å². The fourth-order valence-electron chi connectivity index (χ4n) is 2.97. The minimum atomic E-state index is -0.835. The van der Waals surface area contributed by atoms with Gasteiger partial charge in [0.25, 0.3) is 0 Å². The van der Waals surface area contributed by atoms with E-state index in [0.29, 0.717) is 6.42 Å². The van der Waals surface area contributed by atoms with E-state index in [-0.39, 0.29) is 41.8 Å². The van der Waals surface area contributed by atoms with Crippen LogP contribution in [0.15, 0.2) is 43.5 Å². The van der Waals surface area contributed by atoms with E-state index in [1.165, 1.54) is 42.4 Å². The number of hydrogen-bond acceptors (Lipinski definition) is 8. The standard InChI is InChI=1S/C21H24N2O7S/c1-4-6-29-20(26)14-8-13(19(25)28-3)9-15(10-14)22-18(24)17-11-16(31)12-23(17)21(27)30-7-5-2/h4-5,8-10,16-17,31H,1-2,6-7,11-12H2,3H3,(H,22,24)/t16-,17-/m0/s1. The monoisotopic (exact) mass is 448 g/mol. The molecule has 0 bridgehead atoms. The predicted octanol–water partition coefficient (Wildman–Crippen LogP) is 2.45. The van der Waals surface area contributed by atoms with Crippen LogP contribution in [0.25, 0.3) is 0 Å². The Kier molecular flexibility index (Phi) is 8.68. The van der Waals surface area contributed by atoms with E-state index < -0.39 is 30.0 Å². The average molecular weight is 448 g/mol. The SMILES string of the molecule is C=CCOC(=O)c1cc(NC(=O)[C@@H]2C[C@H](S)CN2C(=O)OCC=C)cc(C(=O)OC)c1. The molecule has 1 aromatic rings. The molecule has 1 N–H and O–H groups in total. The number of rotatable bonds is 8. The summed E-state index contributed by atoms with van der Waals surface area (Å²) in [5.41, 5.74) is 0.257. The quantitative estimate of drug-likeness (QED) is 0.272. The van der Waals surface area contributed by atoms with Gasteiger partial charge in [-0.15, -0.1) is 0 Å². The fraction of sp³-hybridized carbons (Fsp3) is 0.333. The molecule has 0 saturated carbocycles. The third-order valence-electron chi connectivity index (χ3n) is 4.33. The summed E-state index contributed by atoms with van der Waals surface area (Å²) >= 11 is 4.37. The van der Waals surface area contributed by atoms with Crippen LogP contribution in [0.1, 0.15) is 27.1 Å². The van der Waals surface area contributed by atoms with Gasteiger partial charge in [-0.05, 0) is 24.6 Å². The Hall–Kier alpha value is -3.27. The van der Waals surface area contributed by atoms with E-state index in [4.69, 9.17) is 14.2 Å². The molecular formula is C21H24N2O7S. The number of ether oxygens (including phenoxy) is 3. The Balaban J connectivity index is 2.26. The maximum Gasteiger partial charge on any atom is 0.410 e. The topological polar surface area (TPSA) is 111 Å². The number of nitrogens with zero attached hydrogens (tertiary/aromatic N) is 1. The fourth-order valence-corrected chi connectivity index (χ4v) is 3.35. The van der Waals surface area contributed by atoms with Crippen LogP contribution in [0.5, 0.6) is 0 Å².